The topological polar surface area (TPSA) is 117 Å². The molecule has 1 aliphatic rings. The number of amides is 3. The summed E-state index contributed by atoms with van der Waals surface area (Å²) in [5.74, 6) is -2.36. The zero-order valence-electron chi connectivity index (χ0n) is 19.8. The molecule has 0 bridgehead atoms. The molecule has 4 aromatic rings. The number of H-pyrrole nitrogens is 1. The summed E-state index contributed by atoms with van der Waals surface area (Å²) < 4.78 is 13.4. The maximum absolute atomic E-state index is 13.7. The Labute approximate surface area is 220 Å². The van der Waals surface area contributed by atoms with E-state index in [-0.39, 0.29) is 29.2 Å². The molecule has 1 fully saturated rings. The summed E-state index contributed by atoms with van der Waals surface area (Å²) >= 11 is 5.92. The van der Waals surface area contributed by atoms with E-state index >= 15 is 0 Å². The maximum Gasteiger partial charge on any atom is 0.288 e. The van der Waals surface area contributed by atoms with Gasteiger partial charge in [0, 0.05) is 35.3 Å². The van der Waals surface area contributed by atoms with E-state index in [9.17, 15) is 28.9 Å². The van der Waals surface area contributed by atoms with E-state index in [1.54, 1.807) is 0 Å². The number of benzene rings is 3. The number of aromatic amines is 1. The molecule has 38 heavy (non-hydrogen) atoms. The van der Waals surface area contributed by atoms with Crippen LogP contribution in [0.25, 0.3) is 10.9 Å². The van der Waals surface area contributed by atoms with Crippen molar-refractivity contribution in [1.82, 2.24) is 9.88 Å². The molecule has 1 atom stereocenters. The fraction of sp³-hybridized carbons (Fsp3) is 0.148. The highest BCUT2D eigenvalue weighted by Gasteiger charge is 2.44. The Kier molecular flexibility index (Phi) is 6.64. The fourth-order valence-electron chi connectivity index (χ4n) is 4.65. The smallest absolute Gasteiger partial charge is 0.288 e. The molecule has 0 spiro atoms. The Balaban J connectivity index is 1.49. The predicted molar refractivity (Wildman–Crippen MR) is 138 cm³/mol. The molecular formula is C27H20ClFN4O5. The number of nitro groups is 1. The Hall–Kier alpha value is -4.57. The minimum absolute atomic E-state index is 0.0412. The predicted octanol–water partition coefficient (Wildman–Crippen LogP) is 4.89. The summed E-state index contributed by atoms with van der Waals surface area (Å²) in [5, 5.41) is 12.2. The molecular weight excluding hydrogens is 515 g/mol. The zero-order chi connectivity index (χ0) is 27.0. The van der Waals surface area contributed by atoms with E-state index in [4.69, 9.17) is 11.6 Å². The minimum atomic E-state index is -1.15. The van der Waals surface area contributed by atoms with Crippen LogP contribution in [0.2, 0.25) is 5.02 Å². The third-order valence-electron chi connectivity index (χ3n) is 6.53. The summed E-state index contributed by atoms with van der Waals surface area (Å²) in [4.78, 5) is 56.1. The molecule has 0 radical (unpaired) electrons. The maximum atomic E-state index is 13.7. The van der Waals surface area contributed by atoms with Gasteiger partial charge < -0.3 is 9.88 Å². The number of hydrogen-bond donors (Lipinski definition) is 1. The van der Waals surface area contributed by atoms with Crippen LogP contribution in [0.15, 0.2) is 72.9 Å². The summed E-state index contributed by atoms with van der Waals surface area (Å²) in [6, 6.07) is 15.0. The quantitative estimate of drug-likeness (QED) is 0.206. The van der Waals surface area contributed by atoms with Gasteiger partial charge in [-0.2, -0.15) is 0 Å². The van der Waals surface area contributed by atoms with Gasteiger partial charge >= 0.3 is 0 Å². The molecule has 0 aliphatic carbocycles. The number of anilines is 1. The number of carbonyl (C=O) groups excluding carboxylic acids is 3. The van der Waals surface area contributed by atoms with Crippen LogP contribution in [0.4, 0.5) is 15.8 Å². The van der Waals surface area contributed by atoms with Gasteiger partial charge in [0.25, 0.3) is 17.5 Å². The lowest BCUT2D eigenvalue weighted by Crippen LogP contribution is -2.46. The molecule has 1 N–H and O–H groups in total. The number of hydrogen-bond acceptors (Lipinski definition) is 5. The molecule has 3 aromatic carbocycles. The summed E-state index contributed by atoms with van der Waals surface area (Å²) in [5.41, 5.74) is 1.50. The molecule has 5 rings (SSSR count). The van der Waals surface area contributed by atoms with Crippen molar-refractivity contribution in [3.05, 3.63) is 105 Å². The first-order valence-corrected chi connectivity index (χ1v) is 12.0. The van der Waals surface area contributed by atoms with E-state index in [2.05, 4.69) is 4.98 Å². The average Bonchev–Trinajstić information content (AvgIpc) is 3.45. The lowest BCUT2D eigenvalue weighted by Gasteiger charge is -2.28. The van der Waals surface area contributed by atoms with Gasteiger partial charge in [-0.05, 0) is 54.4 Å². The van der Waals surface area contributed by atoms with Crippen molar-refractivity contribution in [2.75, 3.05) is 11.4 Å². The first-order chi connectivity index (χ1) is 18.2. The fourth-order valence-corrected chi connectivity index (χ4v) is 4.84. The number of nitrogens with zero attached hydrogens (tertiary/aromatic N) is 3. The van der Waals surface area contributed by atoms with Crippen molar-refractivity contribution < 1.29 is 23.7 Å². The second-order valence-corrected chi connectivity index (χ2v) is 9.20. The SMILES string of the molecule is O=C1CC(N(CCc2c[nH]c3ccccc23)C(=O)c2ccc(Cl)c([N+](=O)[O-])c2)C(=O)N1c1ccc(F)cc1. The third kappa shape index (κ3) is 4.61. The molecule has 1 aliphatic heterocycles. The average molecular weight is 535 g/mol. The van der Waals surface area contributed by atoms with E-state index < -0.39 is 40.2 Å². The van der Waals surface area contributed by atoms with Crippen molar-refractivity contribution in [2.45, 2.75) is 18.9 Å². The van der Waals surface area contributed by atoms with Gasteiger partial charge in [0.05, 0.1) is 17.0 Å². The lowest BCUT2D eigenvalue weighted by atomic mass is 10.1. The Bertz CT molecular complexity index is 1590. The number of nitrogens with one attached hydrogen (secondary N) is 1. The van der Waals surface area contributed by atoms with Crippen LogP contribution in [-0.4, -0.2) is 45.1 Å². The Morgan fingerprint density at radius 3 is 2.61 bits per heavy atom. The van der Waals surface area contributed by atoms with Crippen molar-refractivity contribution >= 4 is 51.6 Å². The molecule has 3 amide bonds. The van der Waals surface area contributed by atoms with Crippen LogP contribution < -0.4 is 4.90 Å². The number of rotatable bonds is 7. The molecule has 2 heterocycles. The van der Waals surface area contributed by atoms with Crippen LogP contribution >= 0.6 is 11.6 Å². The Morgan fingerprint density at radius 1 is 1.13 bits per heavy atom. The van der Waals surface area contributed by atoms with E-state index in [0.29, 0.717) is 6.42 Å². The van der Waals surface area contributed by atoms with Crippen molar-refractivity contribution in [3.8, 4) is 0 Å². The highest BCUT2D eigenvalue weighted by atomic mass is 35.5. The standard InChI is InChI=1S/C27H20ClFN4O5/c28-21-10-5-16(13-23(21)33(37)38)26(35)31(12-11-17-15-30-22-4-2-1-3-20(17)22)24-14-25(34)32(27(24)36)19-8-6-18(29)7-9-19/h1-10,13,15,24,30H,11-12,14H2. The van der Waals surface area contributed by atoms with E-state index in [0.717, 1.165) is 39.6 Å². The highest BCUT2D eigenvalue weighted by molar-refractivity contribution is 6.32. The van der Waals surface area contributed by atoms with Gasteiger partial charge in [0.15, 0.2) is 0 Å². The molecule has 9 nitrogen and oxygen atoms in total. The highest BCUT2D eigenvalue weighted by Crippen LogP contribution is 2.30. The summed E-state index contributed by atoms with van der Waals surface area (Å²) in [7, 11) is 0. The molecule has 1 aromatic heterocycles. The molecule has 192 valence electrons. The first kappa shape index (κ1) is 25.1. The lowest BCUT2D eigenvalue weighted by molar-refractivity contribution is -0.384. The Morgan fingerprint density at radius 2 is 1.87 bits per heavy atom. The van der Waals surface area contributed by atoms with E-state index in [1.165, 1.54) is 29.2 Å². The molecule has 1 saturated heterocycles. The van der Waals surface area contributed by atoms with Gasteiger partial charge in [-0.1, -0.05) is 29.8 Å². The van der Waals surface area contributed by atoms with E-state index in [1.807, 2.05) is 30.5 Å². The van der Waals surface area contributed by atoms with Crippen LogP contribution in [0.5, 0.6) is 0 Å². The number of para-hydroxylation sites is 1. The monoisotopic (exact) mass is 534 g/mol. The van der Waals surface area contributed by atoms with Gasteiger partial charge in [0.2, 0.25) is 5.91 Å². The first-order valence-electron chi connectivity index (χ1n) is 11.7. The number of carbonyl (C=O) groups is 3. The van der Waals surface area contributed by atoms with Crippen molar-refractivity contribution in [3.63, 3.8) is 0 Å². The normalized spacial score (nSPS) is 15.3. The number of nitro benzene ring substituents is 1. The van der Waals surface area contributed by atoms with Gasteiger partial charge in [-0.25, -0.2) is 9.29 Å². The minimum Gasteiger partial charge on any atom is -0.361 e. The largest absolute Gasteiger partial charge is 0.361 e. The number of imide groups is 1. The molecule has 11 heteroatoms. The van der Waals surface area contributed by atoms with Crippen LogP contribution in [0.1, 0.15) is 22.3 Å². The van der Waals surface area contributed by atoms with Crippen LogP contribution in [0.3, 0.4) is 0 Å². The van der Waals surface area contributed by atoms with Gasteiger partial charge in [-0.15, -0.1) is 0 Å². The van der Waals surface area contributed by atoms with Crippen molar-refractivity contribution in [1.29, 1.82) is 0 Å². The van der Waals surface area contributed by atoms with Crippen molar-refractivity contribution in [2.24, 2.45) is 0 Å². The summed E-state index contributed by atoms with van der Waals surface area (Å²) in [6.07, 6.45) is 1.87. The number of aromatic nitrogens is 1. The molecule has 1 unspecified atom stereocenters. The second-order valence-electron chi connectivity index (χ2n) is 8.80. The van der Waals surface area contributed by atoms with Gasteiger partial charge in [0.1, 0.15) is 16.9 Å². The third-order valence-corrected chi connectivity index (χ3v) is 6.85. The molecule has 0 saturated carbocycles. The number of halogens is 2. The number of fused-ring (bicyclic) bond motifs is 1. The van der Waals surface area contributed by atoms with Crippen LogP contribution in [-0.2, 0) is 16.0 Å². The second kappa shape index (κ2) is 10.1. The zero-order valence-corrected chi connectivity index (χ0v) is 20.5. The summed E-state index contributed by atoms with van der Waals surface area (Å²) in [6.45, 7) is 0.0536. The van der Waals surface area contributed by atoms with Gasteiger partial charge in [-0.3, -0.25) is 24.5 Å². The van der Waals surface area contributed by atoms with Crippen LogP contribution in [0, 0.1) is 15.9 Å².